The van der Waals surface area contributed by atoms with E-state index in [0.29, 0.717) is 31.6 Å². The first-order valence-corrected chi connectivity index (χ1v) is 8.97. The van der Waals surface area contributed by atoms with Crippen LogP contribution in [0.5, 0.6) is 0 Å². The maximum atomic E-state index is 13.0. The topological polar surface area (TPSA) is 111 Å². The van der Waals surface area contributed by atoms with Gasteiger partial charge in [-0.25, -0.2) is 4.79 Å². The van der Waals surface area contributed by atoms with Crippen LogP contribution < -0.4 is 10.6 Å². The number of nitro benzene ring substituents is 1. The number of esters is 1. The van der Waals surface area contributed by atoms with Gasteiger partial charge in [0.2, 0.25) is 5.91 Å². The number of ether oxygens (including phenoxy) is 1. The zero-order valence-electron chi connectivity index (χ0n) is 15.4. The lowest BCUT2D eigenvalue weighted by Crippen LogP contribution is -2.43. The molecule has 2 aromatic rings. The molecule has 2 N–H and O–H groups in total. The van der Waals surface area contributed by atoms with E-state index in [1.54, 1.807) is 0 Å². The summed E-state index contributed by atoms with van der Waals surface area (Å²) >= 11 is 0. The minimum Gasteiger partial charge on any atom is -0.450 e. The zero-order valence-corrected chi connectivity index (χ0v) is 15.4. The first kappa shape index (κ1) is 19.5. The van der Waals surface area contributed by atoms with Gasteiger partial charge in [0, 0.05) is 31.5 Å². The van der Waals surface area contributed by atoms with Crippen molar-refractivity contribution < 1.29 is 19.2 Å². The summed E-state index contributed by atoms with van der Waals surface area (Å²) in [6.45, 7) is 2.64. The van der Waals surface area contributed by atoms with Crippen LogP contribution in [0.15, 0.2) is 48.5 Å². The summed E-state index contributed by atoms with van der Waals surface area (Å²) in [6, 6.07) is 13.2. The third-order valence-electron chi connectivity index (χ3n) is 4.73. The number of amides is 1. The number of hydrogen-bond donors (Lipinski definition) is 2. The van der Waals surface area contributed by atoms with Gasteiger partial charge in [0.1, 0.15) is 11.2 Å². The van der Waals surface area contributed by atoms with E-state index in [1.165, 1.54) is 25.1 Å². The molecule has 0 unspecified atom stereocenters. The Morgan fingerprint density at radius 2 is 1.82 bits per heavy atom. The molecule has 3 rings (SSSR count). The van der Waals surface area contributed by atoms with Gasteiger partial charge in [0.15, 0.2) is 0 Å². The second-order valence-electron chi connectivity index (χ2n) is 6.67. The Kier molecular flexibility index (Phi) is 5.70. The first-order chi connectivity index (χ1) is 13.4. The van der Waals surface area contributed by atoms with Crippen LogP contribution in [0.4, 0.5) is 11.4 Å². The molecule has 0 aliphatic carbocycles. The van der Waals surface area contributed by atoms with Gasteiger partial charge in [-0.1, -0.05) is 30.3 Å². The smallest absolute Gasteiger partial charge is 0.346 e. The number of nitro groups is 1. The minimum atomic E-state index is -0.860. The van der Waals surface area contributed by atoms with Gasteiger partial charge < -0.3 is 15.4 Å². The standard InChI is InChI=1S/C20H21N3O5/c1-14(24)22-16-7-8-18(23(26)27)17(13-16)19(25)28-20(9-11-21-12-10-20)15-5-3-2-4-6-15/h2-8,13,21H,9-12H2,1H3,(H,22,24). The number of piperidine rings is 1. The molecule has 1 aliphatic rings. The Labute approximate surface area is 162 Å². The molecule has 0 spiro atoms. The van der Waals surface area contributed by atoms with Crippen molar-refractivity contribution in [3.63, 3.8) is 0 Å². The molecule has 0 saturated carbocycles. The van der Waals surface area contributed by atoms with Crippen LogP contribution in [-0.4, -0.2) is 29.9 Å². The highest BCUT2D eigenvalue weighted by Gasteiger charge is 2.39. The molecule has 1 heterocycles. The molecule has 1 amide bonds. The van der Waals surface area contributed by atoms with Crippen LogP contribution in [0.3, 0.4) is 0 Å². The Balaban J connectivity index is 1.97. The number of carbonyl (C=O) groups excluding carboxylic acids is 2. The molecule has 0 bridgehead atoms. The van der Waals surface area contributed by atoms with Crippen molar-refractivity contribution in [3.05, 3.63) is 69.8 Å². The van der Waals surface area contributed by atoms with E-state index in [1.807, 2.05) is 30.3 Å². The summed E-state index contributed by atoms with van der Waals surface area (Å²) in [5, 5.41) is 17.2. The number of carbonyl (C=O) groups is 2. The van der Waals surface area contributed by atoms with Crippen molar-refractivity contribution in [2.75, 3.05) is 18.4 Å². The number of hydrogen-bond acceptors (Lipinski definition) is 6. The number of benzene rings is 2. The van der Waals surface area contributed by atoms with E-state index in [-0.39, 0.29) is 17.2 Å². The maximum absolute atomic E-state index is 13.0. The van der Waals surface area contributed by atoms with Gasteiger partial charge in [-0.15, -0.1) is 0 Å². The van der Waals surface area contributed by atoms with E-state index in [9.17, 15) is 19.7 Å². The SMILES string of the molecule is CC(=O)Nc1ccc([N+](=O)[O-])c(C(=O)OC2(c3ccccc3)CCNCC2)c1. The lowest BCUT2D eigenvalue weighted by Gasteiger charge is -2.37. The number of nitrogens with zero attached hydrogens (tertiary/aromatic N) is 1. The molecule has 8 heteroatoms. The van der Waals surface area contributed by atoms with Gasteiger partial charge >= 0.3 is 5.97 Å². The molecular formula is C20H21N3O5. The lowest BCUT2D eigenvalue weighted by molar-refractivity contribution is -0.385. The Morgan fingerprint density at radius 1 is 1.14 bits per heavy atom. The molecule has 146 valence electrons. The van der Waals surface area contributed by atoms with Crippen molar-refractivity contribution >= 4 is 23.3 Å². The van der Waals surface area contributed by atoms with Crippen LogP contribution in [-0.2, 0) is 15.1 Å². The third-order valence-corrected chi connectivity index (χ3v) is 4.73. The second-order valence-corrected chi connectivity index (χ2v) is 6.67. The summed E-state index contributed by atoms with van der Waals surface area (Å²) in [4.78, 5) is 35.1. The summed E-state index contributed by atoms with van der Waals surface area (Å²) < 4.78 is 5.91. The van der Waals surface area contributed by atoms with Crippen LogP contribution >= 0.6 is 0 Å². The number of nitrogens with one attached hydrogen (secondary N) is 2. The van der Waals surface area contributed by atoms with Crippen molar-refractivity contribution in [1.82, 2.24) is 5.32 Å². The summed E-state index contributed by atoms with van der Waals surface area (Å²) in [5.74, 6) is -1.13. The van der Waals surface area contributed by atoms with E-state index in [2.05, 4.69) is 10.6 Å². The molecule has 28 heavy (non-hydrogen) atoms. The number of rotatable bonds is 5. The normalized spacial score (nSPS) is 15.5. The Bertz CT molecular complexity index is 892. The minimum absolute atomic E-state index is 0.190. The maximum Gasteiger partial charge on any atom is 0.346 e. The molecule has 0 atom stereocenters. The fourth-order valence-electron chi connectivity index (χ4n) is 3.39. The zero-order chi connectivity index (χ0) is 20.1. The van der Waals surface area contributed by atoms with Crippen LogP contribution in [0.2, 0.25) is 0 Å². The monoisotopic (exact) mass is 383 g/mol. The van der Waals surface area contributed by atoms with Crippen molar-refractivity contribution in [3.8, 4) is 0 Å². The Hall–Kier alpha value is -3.26. The summed E-state index contributed by atoms with van der Waals surface area (Å²) in [7, 11) is 0. The highest BCUT2D eigenvalue weighted by molar-refractivity contribution is 5.97. The molecular weight excluding hydrogens is 362 g/mol. The van der Waals surface area contributed by atoms with Crippen molar-refractivity contribution in [1.29, 1.82) is 0 Å². The van der Waals surface area contributed by atoms with Gasteiger partial charge in [0.25, 0.3) is 5.69 Å². The lowest BCUT2D eigenvalue weighted by atomic mass is 9.84. The molecule has 1 aliphatic heterocycles. The van der Waals surface area contributed by atoms with Gasteiger partial charge in [-0.05, 0) is 30.8 Å². The van der Waals surface area contributed by atoms with E-state index in [4.69, 9.17) is 4.74 Å². The molecule has 0 radical (unpaired) electrons. The second kappa shape index (κ2) is 8.18. The fraction of sp³-hybridized carbons (Fsp3) is 0.300. The van der Waals surface area contributed by atoms with Gasteiger partial charge in [0.05, 0.1) is 4.92 Å². The fourth-order valence-corrected chi connectivity index (χ4v) is 3.39. The quantitative estimate of drug-likeness (QED) is 0.466. The van der Waals surface area contributed by atoms with Crippen LogP contribution in [0.1, 0.15) is 35.7 Å². The average molecular weight is 383 g/mol. The highest BCUT2D eigenvalue weighted by atomic mass is 16.6. The first-order valence-electron chi connectivity index (χ1n) is 8.97. The van der Waals surface area contributed by atoms with Crippen LogP contribution in [0, 0.1) is 10.1 Å². The molecule has 8 nitrogen and oxygen atoms in total. The molecule has 2 aromatic carbocycles. The Morgan fingerprint density at radius 3 is 2.43 bits per heavy atom. The average Bonchev–Trinajstić information content (AvgIpc) is 2.68. The third kappa shape index (κ3) is 4.17. The van der Waals surface area contributed by atoms with Crippen molar-refractivity contribution in [2.24, 2.45) is 0 Å². The predicted molar refractivity (Wildman–Crippen MR) is 103 cm³/mol. The van der Waals surface area contributed by atoms with Gasteiger partial charge in [-0.2, -0.15) is 0 Å². The van der Waals surface area contributed by atoms with E-state index >= 15 is 0 Å². The molecule has 1 fully saturated rings. The predicted octanol–water partition coefficient (Wildman–Crippen LogP) is 2.99. The van der Waals surface area contributed by atoms with E-state index < -0.39 is 16.5 Å². The molecule has 0 aromatic heterocycles. The van der Waals surface area contributed by atoms with Crippen LogP contribution in [0.25, 0.3) is 0 Å². The van der Waals surface area contributed by atoms with E-state index in [0.717, 1.165) is 5.56 Å². The van der Waals surface area contributed by atoms with Gasteiger partial charge in [-0.3, -0.25) is 14.9 Å². The highest BCUT2D eigenvalue weighted by Crippen LogP contribution is 2.36. The number of anilines is 1. The molecule has 1 saturated heterocycles. The largest absolute Gasteiger partial charge is 0.450 e. The van der Waals surface area contributed by atoms with Crippen molar-refractivity contribution in [2.45, 2.75) is 25.4 Å². The summed E-state index contributed by atoms with van der Waals surface area (Å²) in [5.41, 5.74) is -0.266. The summed E-state index contributed by atoms with van der Waals surface area (Å²) in [6.07, 6.45) is 1.11.